The van der Waals surface area contributed by atoms with Gasteiger partial charge < -0.3 is 4.98 Å². The number of benzene rings is 1. The molecule has 0 spiro atoms. The zero-order valence-corrected chi connectivity index (χ0v) is 20.8. The summed E-state index contributed by atoms with van der Waals surface area (Å²) in [7, 11) is -4.29. The number of allylic oxidation sites excluding steroid dienone is 4. The van der Waals surface area contributed by atoms with Crippen molar-refractivity contribution >= 4 is 62.6 Å². The van der Waals surface area contributed by atoms with E-state index in [9.17, 15) is 17.6 Å². The summed E-state index contributed by atoms with van der Waals surface area (Å²) >= 11 is 6.83. The Morgan fingerprint density at radius 2 is 2.08 bits per heavy atom. The summed E-state index contributed by atoms with van der Waals surface area (Å²) in [6.07, 6.45) is 9.12. The number of aliphatic imine (C=N–C) groups is 1. The number of anilines is 1. The molecule has 184 valence electrons. The van der Waals surface area contributed by atoms with Crippen molar-refractivity contribution in [2.75, 3.05) is 4.72 Å². The summed E-state index contributed by atoms with van der Waals surface area (Å²) in [4.78, 5) is 24.3. The first kappa shape index (κ1) is 25.5. The molecule has 12 heteroatoms. The van der Waals surface area contributed by atoms with Crippen LogP contribution in [0.3, 0.4) is 0 Å². The fourth-order valence-corrected chi connectivity index (χ4v) is 6.10. The molecule has 4 rings (SSSR count). The minimum atomic E-state index is -4.29. The third kappa shape index (κ3) is 4.90. The van der Waals surface area contributed by atoms with Crippen LogP contribution in [-0.2, 0) is 10.0 Å². The van der Waals surface area contributed by atoms with Crippen molar-refractivity contribution in [3.8, 4) is 0 Å². The largest absolute Gasteiger partial charge is 0.345 e. The fourth-order valence-electron chi connectivity index (χ4n) is 3.43. The van der Waals surface area contributed by atoms with Gasteiger partial charge in [0.1, 0.15) is 15.7 Å². The highest BCUT2D eigenvalue weighted by atomic mass is 35.5. The number of aromatic amines is 1. The maximum Gasteiger partial charge on any atom is 0.268 e. The van der Waals surface area contributed by atoms with Gasteiger partial charge in [-0.15, -0.1) is 0 Å². The SMILES string of the molecule is C=C/C=C(\N=C)C1=CCC=C(S(=O)(=O)Nc2ccc(F)c(C(=O)c3c[nH]c4ncc(Cl)cc34)c2F)S1. The number of fused-ring (bicyclic) bond motifs is 1. The average Bonchev–Trinajstić information content (AvgIpc) is 3.27. The molecule has 1 aliphatic heterocycles. The smallest absolute Gasteiger partial charge is 0.268 e. The molecule has 0 bridgehead atoms. The van der Waals surface area contributed by atoms with Gasteiger partial charge in [-0.2, -0.15) is 0 Å². The van der Waals surface area contributed by atoms with E-state index in [2.05, 4.69) is 33.0 Å². The van der Waals surface area contributed by atoms with E-state index in [0.717, 1.165) is 23.9 Å². The standard InChI is InChI=1S/C24H17ClF2N4O3S2/c1-3-5-17(28-2)19-6-4-7-20(35-19)36(33,34)31-18-9-8-16(26)21(22(18)27)23(32)15-12-30-24-14(15)10-13(25)11-29-24/h3,5-12,31H,1-2,4H2,(H,29,30)/b17-5-. The van der Waals surface area contributed by atoms with Crippen molar-refractivity contribution in [2.24, 2.45) is 4.99 Å². The van der Waals surface area contributed by atoms with Crippen LogP contribution in [-0.4, -0.2) is 30.9 Å². The van der Waals surface area contributed by atoms with Crippen LogP contribution in [0.15, 0.2) is 81.3 Å². The number of carbonyl (C=O) groups is 1. The summed E-state index contributed by atoms with van der Waals surface area (Å²) < 4.78 is 58.1. The molecule has 0 aliphatic carbocycles. The molecule has 1 aromatic carbocycles. The van der Waals surface area contributed by atoms with Crippen molar-refractivity contribution in [1.82, 2.24) is 9.97 Å². The minimum absolute atomic E-state index is 0.0726. The number of thioether (sulfide) groups is 1. The second kappa shape index (κ2) is 10.2. The summed E-state index contributed by atoms with van der Waals surface area (Å²) in [5.41, 5.74) is -0.864. The molecule has 0 radical (unpaired) electrons. The Bertz CT molecular complexity index is 1630. The zero-order chi connectivity index (χ0) is 26.0. The first-order valence-electron chi connectivity index (χ1n) is 10.2. The van der Waals surface area contributed by atoms with Crippen LogP contribution in [0, 0.1) is 11.6 Å². The number of H-pyrrole nitrogens is 1. The van der Waals surface area contributed by atoms with Crippen LogP contribution in [0.25, 0.3) is 11.0 Å². The van der Waals surface area contributed by atoms with Crippen molar-refractivity contribution in [1.29, 1.82) is 0 Å². The van der Waals surface area contributed by atoms with Crippen LogP contribution in [0.5, 0.6) is 0 Å². The maximum absolute atomic E-state index is 15.4. The van der Waals surface area contributed by atoms with Crippen LogP contribution >= 0.6 is 23.4 Å². The lowest BCUT2D eigenvalue weighted by atomic mass is 10.0. The third-order valence-corrected chi connectivity index (χ3v) is 8.33. The molecule has 1 aliphatic rings. The molecule has 0 saturated heterocycles. The molecule has 7 nitrogen and oxygen atoms in total. The highest BCUT2D eigenvalue weighted by molar-refractivity contribution is 8.21. The Labute approximate surface area is 214 Å². The van der Waals surface area contributed by atoms with E-state index in [4.69, 9.17) is 11.6 Å². The summed E-state index contributed by atoms with van der Waals surface area (Å²) in [6.45, 7) is 7.05. The van der Waals surface area contributed by atoms with E-state index in [-0.39, 0.29) is 26.6 Å². The minimum Gasteiger partial charge on any atom is -0.345 e. The lowest BCUT2D eigenvalue weighted by Crippen LogP contribution is -2.17. The second-order valence-electron chi connectivity index (χ2n) is 7.35. The zero-order valence-electron chi connectivity index (χ0n) is 18.4. The van der Waals surface area contributed by atoms with Gasteiger partial charge in [0, 0.05) is 28.2 Å². The Morgan fingerprint density at radius 1 is 1.31 bits per heavy atom. The number of hydrogen-bond acceptors (Lipinski definition) is 6. The van der Waals surface area contributed by atoms with Gasteiger partial charge in [0.2, 0.25) is 5.78 Å². The van der Waals surface area contributed by atoms with Crippen molar-refractivity contribution in [2.45, 2.75) is 6.42 Å². The third-order valence-electron chi connectivity index (χ3n) is 5.07. The Morgan fingerprint density at radius 3 is 2.81 bits per heavy atom. The molecule has 2 aromatic heterocycles. The number of ketones is 1. The van der Waals surface area contributed by atoms with Crippen LogP contribution in [0.1, 0.15) is 22.3 Å². The lowest BCUT2D eigenvalue weighted by molar-refractivity contribution is 0.103. The quantitative estimate of drug-likeness (QED) is 0.202. The molecule has 36 heavy (non-hydrogen) atoms. The predicted molar refractivity (Wildman–Crippen MR) is 140 cm³/mol. The molecule has 3 aromatic rings. The molecule has 2 N–H and O–H groups in total. The highest BCUT2D eigenvalue weighted by Gasteiger charge is 2.28. The molecular formula is C24H17ClF2N4O3S2. The molecule has 0 amide bonds. The second-order valence-corrected chi connectivity index (χ2v) is 10.8. The monoisotopic (exact) mass is 546 g/mol. The number of rotatable bonds is 8. The van der Waals surface area contributed by atoms with E-state index in [1.54, 1.807) is 12.2 Å². The first-order chi connectivity index (χ1) is 17.2. The van der Waals surface area contributed by atoms with E-state index < -0.39 is 38.7 Å². The van der Waals surface area contributed by atoms with Gasteiger partial charge in [-0.05, 0) is 37.4 Å². The molecule has 3 heterocycles. The maximum atomic E-state index is 15.4. The molecule has 0 fully saturated rings. The van der Waals surface area contributed by atoms with E-state index >= 15 is 4.39 Å². The lowest BCUT2D eigenvalue weighted by Gasteiger charge is -2.17. The first-order valence-corrected chi connectivity index (χ1v) is 12.9. The number of nitrogens with zero attached hydrogens (tertiary/aromatic N) is 2. The number of sulfonamides is 1. The van der Waals surface area contributed by atoms with Gasteiger partial charge in [0.15, 0.2) is 5.82 Å². The van der Waals surface area contributed by atoms with Crippen molar-refractivity contribution in [3.63, 3.8) is 0 Å². The normalized spacial score (nSPS) is 14.2. The Kier molecular flexibility index (Phi) is 7.25. The Balaban J connectivity index is 1.67. The fraction of sp³-hybridized carbons (Fsp3) is 0.0417. The van der Waals surface area contributed by atoms with Crippen LogP contribution in [0.2, 0.25) is 5.02 Å². The van der Waals surface area contributed by atoms with Gasteiger partial charge in [-0.1, -0.05) is 48.2 Å². The summed E-state index contributed by atoms with van der Waals surface area (Å²) in [6, 6.07) is 3.15. The van der Waals surface area contributed by atoms with E-state index in [1.807, 2.05) is 0 Å². The molecule has 0 saturated carbocycles. The van der Waals surface area contributed by atoms with Gasteiger partial charge in [-0.3, -0.25) is 14.5 Å². The topological polar surface area (TPSA) is 104 Å². The van der Waals surface area contributed by atoms with Gasteiger partial charge in [0.05, 0.1) is 22.0 Å². The number of carbonyl (C=O) groups excluding carboxylic acids is 1. The van der Waals surface area contributed by atoms with Gasteiger partial charge >= 0.3 is 0 Å². The number of nitrogens with one attached hydrogen (secondary N) is 2. The van der Waals surface area contributed by atoms with Gasteiger partial charge in [0.25, 0.3) is 10.0 Å². The van der Waals surface area contributed by atoms with Crippen molar-refractivity contribution in [3.05, 3.63) is 104 Å². The van der Waals surface area contributed by atoms with Gasteiger partial charge in [-0.25, -0.2) is 22.2 Å². The number of aromatic nitrogens is 2. The highest BCUT2D eigenvalue weighted by Crippen LogP contribution is 2.39. The van der Waals surface area contributed by atoms with E-state index in [1.165, 1.54) is 30.6 Å². The molecule has 0 unspecified atom stereocenters. The number of halogens is 3. The van der Waals surface area contributed by atoms with Crippen molar-refractivity contribution < 1.29 is 22.0 Å². The Hall–Kier alpha value is -3.54. The van der Waals surface area contributed by atoms with Crippen LogP contribution < -0.4 is 4.72 Å². The van der Waals surface area contributed by atoms with E-state index in [0.29, 0.717) is 16.2 Å². The van der Waals surface area contributed by atoms with Crippen LogP contribution in [0.4, 0.5) is 14.5 Å². The predicted octanol–water partition coefficient (Wildman–Crippen LogP) is 6.10. The summed E-state index contributed by atoms with van der Waals surface area (Å²) in [5, 5.41) is 0.489. The molecular weight excluding hydrogens is 530 g/mol. The average molecular weight is 547 g/mol. The molecule has 0 atom stereocenters. The number of pyridine rings is 1. The number of hydrogen-bond donors (Lipinski definition) is 2. The summed E-state index contributed by atoms with van der Waals surface area (Å²) in [5.74, 6) is -3.52.